The maximum atomic E-state index is 11.2. The van der Waals surface area contributed by atoms with Crippen molar-refractivity contribution in [2.45, 2.75) is 15.3 Å². The minimum Gasteiger partial charge on any atom is -0.464 e. The third-order valence-electron chi connectivity index (χ3n) is 1.06. The van der Waals surface area contributed by atoms with Crippen molar-refractivity contribution in [2.75, 3.05) is 13.2 Å². The van der Waals surface area contributed by atoms with Crippen LogP contribution in [0.2, 0.25) is 0 Å². The first-order chi connectivity index (χ1) is 5.96. The van der Waals surface area contributed by atoms with Crippen molar-refractivity contribution in [1.29, 1.82) is 0 Å². The van der Waals surface area contributed by atoms with Gasteiger partial charge in [0.15, 0.2) is 0 Å². The minimum absolute atomic E-state index is 0.256. The predicted molar refractivity (Wildman–Crippen MR) is 64.0 cm³/mol. The van der Waals surface area contributed by atoms with Crippen LogP contribution in [-0.2, 0) is 19.1 Å². The highest BCUT2D eigenvalue weighted by Gasteiger charge is 2.43. The van der Waals surface area contributed by atoms with Crippen molar-refractivity contribution in [1.82, 2.24) is 0 Å². The van der Waals surface area contributed by atoms with Gasteiger partial charge in [0, 0.05) is 0 Å². The minimum atomic E-state index is -1.26. The number of halogens is 2. The van der Waals surface area contributed by atoms with Crippen LogP contribution in [0.25, 0.3) is 0 Å². The van der Waals surface area contributed by atoms with Crippen LogP contribution in [0, 0.1) is 0 Å². The molecule has 0 atom stereocenters. The van der Waals surface area contributed by atoms with E-state index in [1.165, 1.54) is 0 Å². The van der Waals surface area contributed by atoms with E-state index in [-0.39, 0.29) is 13.2 Å². The molecule has 0 spiro atoms. The molecule has 6 heteroatoms. The molecular weight excluding hydrogens is 402 g/mol. The first kappa shape index (κ1) is 13.4. The zero-order chi connectivity index (χ0) is 10.5. The third kappa shape index (κ3) is 3.96. The van der Waals surface area contributed by atoms with Gasteiger partial charge in [-0.3, -0.25) is 0 Å². The fraction of sp³-hybridized carbons (Fsp3) is 0.714. The molecule has 0 aliphatic heterocycles. The highest BCUT2D eigenvalue weighted by Crippen LogP contribution is 2.30. The molecule has 0 unspecified atom stereocenters. The second-order valence-electron chi connectivity index (χ2n) is 2.02. The van der Waals surface area contributed by atoms with Gasteiger partial charge >= 0.3 is 11.9 Å². The fourth-order valence-electron chi connectivity index (χ4n) is 0.527. The van der Waals surface area contributed by atoms with E-state index >= 15 is 0 Å². The Labute approximate surface area is 104 Å². The van der Waals surface area contributed by atoms with Crippen molar-refractivity contribution in [2.24, 2.45) is 0 Å². The van der Waals surface area contributed by atoms with Gasteiger partial charge in [0.05, 0.1) is 13.2 Å². The molecule has 0 aromatic heterocycles. The molecule has 76 valence electrons. The van der Waals surface area contributed by atoms with Gasteiger partial charge in [-0.25, -0.2) is 9.59 Å². The van der Waals surface area contributed by atoms with Crippen LogP contribution in [0.1, 0.15) is 13.8 Å². The van der Waals surface area contributed by atoms with Crippen molar-refractivity contribution in [3.05, 3.63) is 0 Å². The quantitative estimate of drug-likeness (QED) is 0.306. The van der Waals surface area contributed by atoms with Gasteiger partial charge in [0.1, 0.15) is 0 Å². The summed E-state index contributed by atoms with van der Waals surface area (Å²) in [6, 6.07) is 0. The summed E-state index contributed by atoms with van der Waals surface area (Å²) < 4.78 is 8.18. The largest absolute Gasteiger partial charge is 0.464 e. The van der Waals surface area contributed by atoms with Crippen molar-refractivity contribution >= 4 is 57.1 Å². The van der Waals surface area contributed by atoms with E-state index in [0.717, 1.165) is 0 Å². The summed E-state index contributed by atoms with van der Waals surface area (Å²) in [4.78, 5) is 22.5. The van der Waals surface area contributed by atoms with Crippen LogP contribution in [-0.4, -0.2) is 26.6 Å². The zero-order valence-corrected chi connectivity index (χ0v) is 11.6. The topological polar surface area (TPSA) is 52.6 Å². The maximum absolute atomic E-state index is 11.2. The fourth-order valence-corrected chi connectivity index (χ4v) is 1.15. The predicted octanol–water partition coefficient (Wildman–Crippen LogP) is 1.68. The average Bonchev–Trinajstić information content (AvgIpc) is 2.05. The van der Waals surface area contributed by atoms with E-state index in [2.05, 4.69) is 0 Å². The molecule has 0 heterocycles. The Balaban J connectivity index is 4.36. The van der Waals surface area contributed by atoms with E-state index in [4.69, 9.17) is 9.47 Å². The Bertz CT molecular complexity index is 183. The van der Waals surface area contributed by atoms with Gasteiger partial charge in [-0.1, -0.05) is 0 Å². The highest BCUT2D eigenvalue weighted by molar-refractivity contribution is 14.2. The van der Waals surface area contributed by atoms with Crippen LogP contribution in [0.3, 0.4) is 0 Å². The summed E-state index contributed by atoms with van der Waals surface area (Å²) >= 11 is 3.42. The van der Waals surface area contributed by atoms with E-state index in [1.807, 2.05) is 0 Å². The molecule has 0 aromatic rings. The number of hydrogen-bond acceptors (Lipinski definition) is 4. The Kier molecular flexibility index (Phi) is 6.18. The van der Waals surface area contributed by atoms with Crippen LogP contribution in [0.15, 0.2) is 0 Å². The Hall–Kier alpha value is 0.400. The number of alkyl halides is 2. The number of ether oxygens (including phenoxy) is 2. The molecule has 0 saturated carbocycles. The summed E-state index contributed by atoms with van der Waals surface area (Å²) in [6.45, 7) is 3.89. The lowest BCUT2D eigenvalue weighted by molar-refractivity contribution is -0.152. The molecule has 0 rings (SSSR count). The molecule has 4 nitrogen and oxygen atoms in total. The van der Waals surface area contributed by atoms with Crippen molar-refractivity contribution in [3.63, 3.8) is 0 Å². The lowest BCUT2D eigenvalue weighted by Gasteiger charge is -2.16. The van der Waals surface area contributed by atoms with Crippen LogP contribution in [0.4, 0.5) is 0 Å². The Morgan fingerprint density at radius 1 is 1.08 bits per heavy atom. The third-order valence-corrected chi connectivity index (χ3v) is 2.83. The van der Waals surface area contributed by atoms with E-state index in [0.29, 0.717) is 0 Å². The van der Waals surface area contributed by atoms with Gasteiger partial charge in [-0.15, -0.1) is 0 Å². The van der Waals surface area contributed by atoms with Gasteiger partial charge in [-0.05, 0) is 59.0 Å². The molecular formula is C7H10I2O4. The number of hydrogen-bond donors (Lipinski definition) is 0. The molecule has 0 aliphatic rings. The van der Waals surface area contributed by atoms with E-state index < -0.39 is 13.4 Å². The van der Waals surface area contributed by atoms with Crippen LogP contribution >= 0.6 is 45.2 Å². The molecule has 0 amide bonds. The lowest BCUT2D eigenvalue weighted by Crippen LogP contribution is -2.37. The van der Waals surface area contributed by atoms with Crippen molar-refractivity contribution in [3.8, 4) is 0 Å². The molecule has 0 fully saturated rings. The number of carbonyl (C=O) groups is 2. The molecule has 0 bridgehead atoms. The molecule has 0 aromatic carbocycles. The second kappa shape index (κ2) is 5.99. The summed E-state index contributed by atoms with van der Waals surface area (Å²) in [6.07, 6.45) is 0. The summed E-state index contributed by atoms with van der Waals surface area (Å²) in [5, 5.41) is 0. The molecule has 13 heavy (non-hydrogen) atoms. The summed E-state index contributed by atoms with van der Waals surface area (Å²) in [7, 11) is 0. The maximum Gasteiger partial charge on any atom is 0.343 e. The average molecular weight is 412 g/mol. The SMILES string of the molecule is CCOC(=O)C(I)(I)C(=O)OCC. The van der Waals surface area contributed by atoms with Crippen LogP contribution in [0.5, 0.6) is 0 Å². The first-order valence-corrected chi connectivity index (χ1v) is 5.84. The number of rotatable bonds is 4. The molecule has 0 radical (unpaired) electrons. The van der Waals surface area contributed by atoms with Crippen LogP contribution < -0.4 is 0 Å². The van der Waals surface area contributed by atoms with E-state index in [1.54, 1.807) is 59.0 Å². The van der Waals surface area contributed by atoms with Crippen molar-refractivity contribution < 1.29 is 19.1 Å². The molecule has 0 saturated heterocycles. The number of carbonyl (C=O) groups excluding carboxylic acids is 2. The molecule has 0 N–H and O–H groups in total. The Morgan fingerprint density at radius 2 is 1.38 bits per heavy atom. The Morgan fingerprint density at radius 3 is 1.62 bits per heavy atom. The smallest absolute Gasteiger partial charge is 0.343 e. The highest BCUT2D eigenvalue weighted by atomic mass is 127. The standard InChI is InChI=1S/C7H10I2O4/c1-3-12-5(10)7(8,9)6(11)13-4-2/h3-4H2,1-2H3. The monoisotopic (exact) mass is 412 g/mol. The normalized spacial score (nSPS) is 10.8. The lowest BCUT2D eigenvalue weighted by atomic mass is 10.4. The van der Waals surface area contributed by atoms with Gasteiger partial charge < -0.3 is 9.47 Å². The first-order valence-electron chi connectivity index (χ1n) is 3.69. The van der Waals surface area contributed by atoms with Gasteiger partial charge in [0.25, 0.3) is 1.43 Å². The zero-order valence-electron chi connectivity index (χ0n) is 7.30. The van der Waals surface area contributed by atoms with Gasteiger partial charge in [0.2, 0.25) is 0 Å². The number of esters is 2. The molecule has 0 aliphatic carbocycles. The van der Waals surface area contributed by atoms with E-state index in [9.17, 15) is 9.59 Å². The second-order valence-corrected chi connectivity index (χ2v) is 7.32. The summed E-state index contributed by atoms with van der Waals surface area (Å²) in [5.74, 6) is -1.15. The summed E-state index contributed by atoms with van der Waals surface area (Å²) in [5.41, 5.74) is 0. The van der Waals surface area contributed by atoms with Gasteiger partial charge in [-0.2, -0.15) is 0 Å².